The summed E-state index contributed by atoms with van der Waals surface area (Å²) in [5.41, 5.74) is 1.68. The van der Waals surface area contributed by atoms with Gasteiger partial charge in [0.25, 0.3) is 0 Å². The van der Waals surface area contributed by atoms with E-state index in [9.17, 15) is 5.11 Å². The van der Waals surface area contributed by atoms with Crippen LogP contribution < -0.4 is 0 Å². The van der Waals surface area contributed by atoms with Crippen molar-refractivity contribution >= 4 is 34.1 Å². The third-order valence-corrected chi connectivity index (χ3v) is 5.62. The van der Waals surface area contributed by atoms with Crippen LogP contribution in [0.25, 0.3) is 16.5 Å². The Morgan fingerprint density at radius 2 is 1.78 bits per heavy atom. The topological polar surface area (TPSA) is 63.8 Å². The van der Waals surface area contributed by atoms with Gasteiger partial charge >= 0.3 is 0 Å². The first kappa shape index (κ1) is 18.0. The minimum atomic E-state index is -0.618. The lowest BCUT2D eigenvalue weighted by Gasteiger charge is -2.12. The van der Waals surface area contributed by atoms with Gasteiger partial charge in [0.2, 0.25) is 5.16 Å². The number of nitrogens with zero attached hydrogens (tertiary/aromatic N) is 4. The first-order valence-corrected chi connectivity index (χ1v) is 9.92. The average molecular weight is 397 g/mol. The lowest BCUT2D eigenvalue weighted by molar-refractivity contribution is 0.175. The van der Waals surface area contributed by atoms with Gasteiger partial charge in [-0.1, -0.05) is 78.0 Å². The van der Waals surface area contributed by atoms with Crippen molar-refractivity contribution in [1.29, 1.82) is 0 Å². The number of rotatable bonds is 6. The predicted molar refractivity (Wildman–Crippen MR) is 108 cm³/mol. The van der Waals surface area contributed by atoms with E-state index in [0.29, 0.717) is 22.4 Å². The summed E-state index contributed by atoms with van der Waals surface area (Å²) < 4.78 is 1.74. The van der Waals surface area contributed by atoms with E-state index >= 15 is 0 Å². The molecule has 0 aliphatic rings. The predicted octanol–water partition coefficient (Wildman–Crippen LogP) is 4.68. The quantitative estimate of drug-likeness (QED) is 0.479. The van der Waals surface area contributed by atoms with Crippen LogP contribution in [0.5, 0.6) is 0 Å². The lowest BCUT2D eigenvalue weighted by atomic mass is 10.1. The van der Waals surface area contributed by atoms with E-state index in [2.05, 4.69) is 33.7 Å². The van der Waals surface area contributed by atoms with Crippen LogP contribution >= 0.6 is 23.4 Å². The molecule has 0 fully saturated rings. The molecule has 0 aliphatic carbocycles. The highest BCUT2D eigenvalue weighted by molar-refractivity contribution is 7.99. The first-order valence-electron chi connectivity index (χ1n) is 8.56. The highest BCUT2D eigenvalue weighted by Crippen LogP contribution is 2.29. The Kier molecular flexibility index (Phi) is 5.38. The standard InChI is InChI=1S/C20H17ClN4OS/c21-17-10-4-3-9-16(17)19(26)12-13-27-20-22-23-24-25(20)18-11-5-7-14-6-1-2-8-15(14)18/h1-11,19,26H,12-13H2. The number of fused-ring (bicyclic) bond motifs is 1. The lowest BCUT2D eigenvalue weighted by Crippen LogP contribution is -2.02. The Morgan fingerprint density at radius 3 is 2.67 bits per heavy atom. The van der Waals surface area contributed by atoms with Crippen LogP contribution in [0.15, 0.2) is 71.9 Å². The van der Waals surface area contributed by atoms with Crippen molar-refractivity contribution in [3.63, 3.8) is 0 Å². The maximum Gasteiger partial charge on any atom is 0.214 e. The molecule has 3 aromatic carbocycles. The molecule has 1 N–H and O–H groups in total. The molecule has 1 aromatic heterocycles. The molecular formula is C20H17ClN4OS. The Labute approximate surface area is 166 Å². The molecule has 1 unspecified atom stereocenters. The smallest absolute Gasteiger partial charge is 0.214 e. The summed E-state index contributed by atoms with van der Waals surface area (Å²) >= 11 is 7.66. The highest BCUT2D eigenvalue weighted by atomic mass is 35.5. The van der Waals surface area contributed by atoms with Crippen molar-refractivity contribution in [2.45, 2.75) is 17.7 Å². The maximum atomic E-state index is 10.4. The molecule has 0 radical (unpaired) electrons. The van der Waals surface area contributed by atoms with E-state index in [0.717, 1.165) is 22.0 Å². The number of hydrogen-bond donors (Lipinski definition) is 1. The van der Waals surface area contributed by atoms with Crippen LogP contribution in [-0.4, -0.2) is 31.1 Å². The number of aliphatic hydroxyl groups is 1. The van der Waals surface area contributed by atoms with Gasteiger partial charge in [-0.3, -0.25) is 0 Å². The van der Waals surface area contributed by atoms with Gasteiger partial charge in [-0.05, 0) is 39.9 Å². The van der Waals surface area contributed by atoms with E-state index in [4.69, 9.17) is 11.6 Å². The van der Waals surface area contributed by atoms with Gasteiger partial charge in [-0.2, -0.15) is 4.68 Å². The van der Waals surface area contributed by atoms with Crippen LogP contribution in [0.4, 0.5) is 0 Å². The summed E-state index contributed by atoms with van der Waals surface area (Å²) in [6, 6.07) is 21.6. The number of tetrazole rings is 1. The van der Waals surface area contributed by atoms with Crippen molar-refractivity contribution in [2.75, 3.05) is 5.75 Å². The average Bonchev–Trinajstić information content (AvgIpc) is 3.16. The minimum absolute atomic E-state index is 0.552. The molecule has 0 saturated carbocycles. The first-order chi connectivity index (χ1) is 13.2. The number of aliphatic hydroxyl groups excluding tert-OH is 1. The summed E-state index contributed by atoms with van der Waals surface area (Å²) in [5, 5.41) is 26.0. The summed E-state index contributed by atoms with van der Waals surface area (Å²) in [4.78, 5) is 0. The van der Waals surface area contributed by atoms with E-state index in [1.807, 2.05) is 42.5 Å². The summed E-state index contributed by atoms with van der Waals surface area (Å²) in [6.45, 7) is 0. The van der Waals surface area contributed by atoms with Crippen LogP contribution in [0.1, 0.15) is 18.1 Å². The third-order valence-electron chi connectivity index (χ3n) is 4.32. The van der Waals surface area contributed by atoms with Crippen molar-refractivity contribution in [3.8, 4) is 5.69 Å². The second kappa shape index (κ2) is 8.08. The van der Waals surface area contributed by atoms with Gasteiger partial charge in [-0.25, -0.2) is 0 Å². The summed E-state index contributed by atoms with van der Waals surface area (Å²) in [6.07, 6.45) is -0.0651. The summed E-state index contributed by atoms with van der Waals surface area (Å²) in [5.74, 6) is 0.664. The molecule has 0 bridgehead atoms. The van der Waals surface area contributed by atoms with Crippen molar-refractivity contribution in [3.05, 3.63) is 77.3 Å². The minimum Gasteiger partial charge on any atom is -0.388 e. The van der Waals surface area contributed by atoms with Gasteiger partial charge < -0.3 is 5.11 Å². The molecule has 0 aliphatic heterocycles. The molecule has 4 aromatic rings. The van der Waals surface area contributed by atoms with Crippen molar-refractivity contribution in [1.82, 2.24) is 20.2 Å². The molecule has 0 spiro atoms. The molecule has 7 heteroatoms. The van der Waals surface area contributed by atoms with Gasteiger partial charge in [0.1, 0.15) is 0 Å². The molecular weight excluding hydrogens is 380 g/mol. The summed E-state index contributed by atoms with van der Waals surface area (Å²) in [7, 11) is 0. The van der Waals surface area contributed by atoms with E-state index in [1.54, 1.807) is 10.7 Å². The van der Waals surface area contributed by atoms with Crippen LogP contribution in [0.2, 0.25) is 5.02 Å². The highest BCUT2D eigenvalue weighted by Gasteiger charge is 2.14. The van der Waals surface area contributed by atoms with Gasteiger partial charge in [0.15, 0.2) is 0 Å². The number of hydrogen-bond acceptors (Lipinski definition) is 5. The van der Waals surface area contributed by atoms with Crippen molar-refractivity contribution < 1.29 is 5.11 Å². The van der Waals surface area contributed by atoms with Crippen molar-refractivity contribution in [2.24, 2.45) is 0 Å². The molecule has 0 amide bonds. The molecule has 4 rings (SSSR count). The molecule has 136 valence electrons. The fourth-order valence-corrected chi connectivity index (χ4v) is 4.11. The molecule has 5 nitrogen and oxygen atoms in total. The number of halogens is 1. The maximum absolute atomic E-state index is 10.4. The molecule has 0 saturated heterocycles. The third kappa shape index (κ3) is 3.83. The zero-order valence-electron chi connectivity index (χ0n) is 14.4. The monoisotopic (exact) mass is 396 g/mol. The normalized spacial score (nSPS) is 12.4. The van der Waals surface area contributed by atoms with E-state index < -0.39 is 6.10 Å². The van der Waals surface area contributed by atoms with Gasteiger partial charge in [-0.15, -0.1) is 5.10 Å². The van der Waals surface area contributed by atoms with Crippen LogP contribution in [0.3, 0.4) is 0 Å². The van der Waals surface area contributed by atoms with E-state index in [1.165, 1.54) is 11.8 Å². The number of benzene rings is 3. The largest absolute Gasteiger partial charge is 0.388 e. The second-order valence-corrected chi connectivity index (χ2v) is 7.52. The van der Waals surface area contributed by atoms with Gasteiger partial charge in [0.05, 0.1) is 11.8 Å². The fourth-order valence-electron chi connectivity index (χ4n) is 2.98. The Balaban J connectivity index is 1.51. The molecule has 1 atom stereocenters. The zero-order valence-corrected chi connectivity index (χ0v) is 15.9. The number of aromatic nitrogens is 4. The Bertz CT molecular complexity index is 1060. The Morgan fingerprint density at radius 1 is 1.00 bits per heavy atom. The number of thioether (sulfide) groups is 1. The molecule has 27 heavy (non-hydrogen) atoms. The van der Waals surface area contributed by atoms with Crippen LogP contribution in [0, 0.1) is 0 Å². The van der Waals surface area contributed by atoms with Crippen LogP contribution in [-0.2, 0) is 0 Å². The van der Waals surface area contributed by atoms with Gasteiger partial charge in [0, 0.05) is 16.2 Å². The fraction of sp³-hybridized carbons (Fsp3) is 0.150. The van der Waals surface area contributed by atoms with E-state index in [-0.39, 0.29) is 0 Å². The molecule has 1 heterocycles. The zero-order chi connectivity index (χ0) is 18.6. The second-order valence-electron chi connectivity index (χ2n) is 6.05. The Hall–Kier alpha value is -2.41. The SMILES string of the molecule is OC(CCSc1nnnn1-c1cccc2ccccc12)c1ccccc1Cl.